The second-order valence-electron chi connectivity index (χ2n) is 2.84. The van der Waals surface area contributed by atoms with Crippen molar-refractivity contribution in [3.63, 3.8) is 0 Å². The minimum absolute atomic E-state index is 0.239. The van der Waals surface area contributed by atoms with E-state index in [1.807, 2.05) is 0 Å². The van der Waals surface area contributed by atoms with Crippen molar-refractivity contribution in [1.82, 2.24) is 0 Å². The van der Waals surface area contributed by atoms with Crippen LogP contribution in [0, 0.1) is 10.1 Å². The predicted molar refractivity (Wildman–Crippen MR) is 51.1 cm³/mol. The summed E-state index contributed by atoms with van der Waals surface area (Å²) in [6, 6.07) is 2.63. The van der Waals surface area contributed by atoms with E-state index in [9.17, 15) is 23.7 Å². The first-order valence-corrected chi connectivity index (χ1v) is 4.26. The zero-order valence-corrected chi connectivity index (χ0v) is 8.55. The second-order valence-corrected chi connectivity index (χ2v) is 2.84. The van der Waals surface area contributed by atoms with Gasteiger partial charge >= 0.3 is 12.6 Å². The smallest absolute Gasteiger partial charge is 0.387 e. The molecule has 0 aliphatic carbocycles. The van der Waals surface area contributed by atoms with Gasteiger partial charge in [-0.1, -0.05) is 0 Å². The van der Waals surface area contributed by atoms with Crippen molar-refractivity contribution >= 4 is 11.7 Å². The highest BCUT2D eigenvalue weighted by Crippen LogP contribution is 2.24. The molecular weight excluding hydrogens is 240 g/mol. The Labute approximate surface area is 93.9 Å². The minimum Gasteiger partial charge on any atom is -0.465 e. The molecule has 0 amide bonds. The average Bonchev–Trinajstić information content (AvgIpc) is 2.26. The molecule has 1 aromatic rings. The zero-order chi connectivity index (χ0) is 13.0. The van der Waals surface area contributed by atoms with Crippen LogP contribution in [0.1, 0.15) is 10.4 Å². The predicted octanol–water partition coefficient (Wildman–Crippen LogP) is 1.98. The average molecular weight is 247 g/mol. The van der Waals surface area contributed by atoms with E-state index in [0.29, 0.717) is 0 Å². The molecule has 0 bridgehead atoms. The highest BCUT2D eigenvalue weighted by atomic mass is 19.3. The van der Waals surface area contributed by atoms with Gasteiger partial charge in [-0.05, 0) is 6.07 Å². The number of hydrogen-bond acceptors (Lipinski definition) is 5. The van der Waals surface area contributed by atoms with Gasteiger partial charge in [0.1, 0.15) is 5.75 Å². The van der Waals surface area contributed by atoms with Crippen LogP contribution in [0.25, 0.3) is 0 Å². The number of methoxy groups -OCH3 is 1. The third-order valence-electron chi connectivity index (χ3n) is 1.75. The van der Waals surface area contributed by atoms with Gasteiger partial charge in [-0.15, -0.1) is 0 Å². The van der Waals surface area contributed by atoms with Crippen LogP contribution in [0.15, 0.2) is 18.2 Å². The van der Waals surface area contributed by atoms with E-state index in [0.717, 1.165) is 25.3 Å². The van der Waals surface area contributed by atoms with Gasteiger partial charge in [0.05, 0.1) is 23.7 Å². The number of nitrogens with zero attached hydrogens (tertiary/aromatic N) is 1. The van der Waals surface area contributed by atoms with Crippen LogP contribution >= 0.6 is 0 Å². The molecule has 0 heterocycles. The highest BCUT2D eigenvalue weighted by molar-refractivity contribution is 5.90. The summed E-state index contributed by atoms with van der Waals surface area (Å²) in [5.41, 5.74) is -0.777. The van der Waals surface area contributed by atoms with Gasteiger partial charge in [0.2, 0.25) is 0 Å². The van der Waals surface area contributed by atoms with Crippen molar-refractivity contribution in [3.8, 4) is 5.75 Å². The molecule has 0 atom stereocenters. The van der Waals surface area contributed by atoms with E-state index >= 15 is 0 Å². The van der Waals surface area contributed by atoms with E-state index < -0.39 is 28.9 Å². The molecule has 0 saturated carbocycles. The van der Waals surface area contributed by atoms with Gasteiger partial charge in [0.25, 0.3) is 5.69 Å². The number of esters is 1. The van der Waals surface area contributed by atoms with Crippen molar-refractivity contribution < 1.29 is 28.0 Å². The lowest BCUT2D eigenvalue weighted by molar-refractivity contribution is -0.385. The summed E-state index contributed by atoms with van der Waals surface area (Å²) >= 11 is 0. The Morgan fingerprint density at radius 1 is 1.41 bits per heavy atom. The number of carbonyl (C=O) groups excluding carboxylic acids is 1. The maximum Gasteiger partial charge on any atom is 0.387 e. The number of ether oxygens (including phenoxy) is 2. The largest absolute Gasteiger partial charge is 0.465 e. The summed E-state index contributed by atoms with van der Waals surface area (Å²) in [6.07, 6.45) is 0. The number of nitro benzene ring substituents is 1. The molecule has 0 aliphatic heterocycles. The van der Waals surface area contributed by atoms with Crippen molar-refractivity contribution in [2.75, 3.05) is 7.11 Å². The Kier molecular flexibility index (Phi) is 3.91. The number of halogens is 2. The molecule has 1 aromatic carbocycles. The molecule has 0 N–H and O–H groups in total. The Hall–Kier alpha value is -2.25. The number of alkyl halides is 2. The molecule has 8 heteroatoms. The van der Waals surface area contributed by atoms with E-state index in [1.54, 1.807) is 0 Å². The Bertz CT molecular complexity index is 449. The number of carbonyl (C=O) groups is 1. The monoisotopic (exact) mass is 247 g/mol. The van der Waals surface area contributed by atoms with Crippen LogP contribution in [0.2, 0.25) is 0 Å². The summed E-state index contributed by atoms with van der Waals surface area (Å²) in [6.45, 7) is -3.14. The van der Waals surface area contributed by atoms with Crippen LogP contribution in [0.3, 0.4) is 0 Å². The standard InChI is InChI=1S/C9H7F2NO5/c1-16-8(13)5-2-6(12(14)15)4-7(3-5)17-9(10)11/h2-4,9H,1H3. The van der Waals surface area contributed by atoms with E-state index in [-0.39, 0.29) is 5.56 Å². The van der Waals surface area contributed by atoms with Crippen molar-refractivity contribution in [2.45, 2.75) is 6.61 Å². The molecule has 6 nitrogen and oxygen atoms in total. The molecule has 1 rings (SSSR count). The molecule has 0 radical (unpaired) electrons. The highest BCUT2D eigenvalue weighted by Gasteiger charge is 2.17. The Morgan fingerprint density at radius 3 is 2.53 bits per heavy atom. The van der Waals surface area contributed by atoms with E-state index in [1.165, 1.54) is 0 Å². The van der Waals surface area contributed by atoms with Gasteiger partial charge in [0.15, 0.2) is 0 Å². The fraction of sp³-hybridized carbons (Fsp3) is 0.222. The first-order valence-electron chi connectivity index (χ1n) is 4.26. The van der Waals surface area contributed by atoms with Crippen LogP contribution in [-0.4, -0.2) is 24.6 Å². The van der Waals surface area contributed by atoms with Gasteiger partial charge in [0, 0.05) is 6.07 Å². The SMILES string of the molecule is COC(=O)c1cc(OC(F)F)cc([N+](=O)[O-])c1. The topological polar surface area (TPSA) is 78.7 Å². The lowest BCUT2D eigenvalue weighted by atomic mass is 10.2. The normalized spacial score (nSPS) is 10.1. The molecule has 0 aromatic heterocycles. The lowest BCUT2D eigenvalue weighted by Crippen LogP contribution is -2.06. The van der Waals surface area contributed by atoms with E-state index in [4.69, 9.17) is 0 Å². The van der Waals surface area contributed by atoms with Crippen molar-refractivity contribution in [1.29, 1.82) is 0 Å². The molecule has 0 unspecified atom stereocenters. The summed E-state index contributed by atoms with van der Waals surface area (Å²) in [7, 11) is 1.06. The van der Waals surface area contributed by atoms with Gasteiger partial charge in [-0.25, -0.2) is 4.79 Å². The number of rotatable bonds is 4. The van der Waals surface area contributed by atoms with Gasteiger partial charge in [-0.2, -0.15) is 8.78 Å². The summed E-state index contributed by atoms with van der Waals surface area (Å²) < 4.78 is 32.2. The van der Waals surface area contributed by atoms with Crippen molar-refractivity contribution in [2.24, 2.45) is 0 Å². The number of benzene rings is 1. The fourth-order valence-electron chi connectivity index (χ4n) is 1.10. The molecule has 92 valence electrons. The third-order valence-corrected chi connectivity index (χ3v) is 1.75. The molecule has 0 aliphatic rings. The molecule has 17 heavy (non-hydrogen) atoms. The van der Waals surface area contributed by atoms with Gasteiger partial charge < -0.3 is 9.47 Å². The molecule has 0 spiro atoms. The summed E-state index contributed by atoms with van der Waals surface area (Å²) in [4.78, 5) is 20.8. The maximum atomic E-state index is 12.0. The third kappa shape index (κ3) is 3.37. The van der Waals surface area contributed by atoms with Crippen LogP contribution in [0.5, 0.6) is 5.75 Å². The Balaban J connectivity index is 3.18. The summed E-state index contributed by atoms with van der Waals surface area (Å²) in [5, 5.41) is 10.5. The first kappa shape index (κ1) is 12.8. The van der Waals surface area contributed by atoms with Gasteiger partial charge in [-0.3, -0.25) is 10.1 Å². The van der Waals surface area contributed by atoms with Crippen molar-refractivity contribution in [3.05, 3.63) is 33.9 Å². The first-order chi connectivity index (χ1) is 7.93. The van der Waals surface area contributed by atoms with Crippen LogP contribution in [0.4, 0.5) is 14.5 Å². The minimum atomic E-state index is -3.14. The zero-order valence-electron chi connectivity index (χ0n) is 8.55. The summed E-state index contributed by atoms with van der Waals surface area (Å²) in [5.74, 6) is -1.36. The molecule has 0 saturated heterocycles. The lowest BCUT2D eigenvalue weighted by Gasteiger charge is -2.06. The maximum absolute atomic E-state index is 12.0. The number of non-ortho nitro benzene ring substituents is 1. The number of hydrogen-bond donors (Lipinski definition) is 0. The quantitative estimate of drug-likeness (QED) is 0.461. The fourth-order valence-corrected chi connectivity index (χ4v) is 1.10. The van der Waals surface area contributed by atoms with Crippen LogP contribution in [-0.2, 0) is 4.74 Å². The number of nitro groups is 1. The second kappa shape index (κ2) is 5.19. The molecule has 0 fully saturated rings. The molecular formula is C9H7F2NO5. The van der Waals surface area contributed by atoms with E-state index in [2.05, 4.69) is 9.47 Å². The Morgan fingerprint density at radius 2 is 2.06 bits per heavy atom. The van der Waals surface area contributed by atoms with Crippen LogP contribution < -0.4 is 4.74 Å².